The third-order valence-electron chi connectivity index (χ3n) is 2.89. The summed E-state index contributed by atoms with van der Waals surface area (Å²) in [5.41, 5.74) is -0.171. The second-order valence-corrected chi connectivity index (χ2v) is 5.12. The number of hydrogen-bond donors (Lipinski definition) is 0. The van der Waals surface area contributed by atoms with Crippen LogP contribution in [0.25, 0.3) is 0 Å². The van der Waals surface area contributed by atoms with Gasteiger partial charge >= 0.3 is 11.2 Å². The Morgan fingerprint density at radius 3 is 2.50 bits per heavy atom. The van der Waals surface area contributed by atoms with Crippen LogP contribution in [0.4, 0.5) is 10.1 Å². The summed E-state index contributed by atoms with van der Waals surface area (Å²) in [5.74, 6) is -0.378. The first-order chi connectivity index (χ1) is 9.40. The minimum absolute atomic E-state index is 0.138. The largest absolute Gasteiger partial charge is 0.338 e. The zero-order chi connectivity index (χ0) is 14.9. The lowest BCUT2D eigenvalue weighted by molar-refractivity contribution is -0.387. The maximum absolute atomic E-state index is 12.8. The molecule has 7 heteroatoms. The Hall–Kier alpha value is -2.02. The number of nitro groups is 1. The van der Waals surface area contributed by atoms with E-state index in [0.29, 0.717) is 10.0 Å². The molecule has 0 saturated heterocycles. The third-order valence-corrected chi connectivity index (χ3v) is 3.69. The molecule has 20 heavy (non-hydrogen) atoms. The molecule has 1 aromatic carbocycles. The first-order valence-corrected chi connectivity index (χ1v) is 6.48. The first-order valence-electron chi connectivity index (χ1n) is 5.68. The van der Waals surface area contributed by atoms with Crippen LogP contribution in [0.5, 0.6) is 0 Å². The first kappa shape index (κ1) is 14.4. The van der Waals surface area contributed by atoms with Crippen LogP contribution >= 0.6 is 15.9 Å². The van der Waals surface area contributed by atoms with Crippen molar-refractivity contribution in [3.8, 4) is 0 Å². The lowest BCUT2D eigenvalue weighted by Crippen LogP contribution is -2.24. The number of hydrogen-bond acceptors (Lipinski definition) is 3. The van der Waals surface area contributed by atoms with Crippen LogP contribution < -0.4 is 5.56 Å². The fourth-order valence-corrected chi connectivity index (χ4v) is 2.26. The van der Waals surface area contributed by atoms with Gasteiger partial charge in [0.05, 0.1) is 11.5 Å². The van der Waals surface area contributed by atoms with E-state index >= 15 is 0 Å². The highest BCUT2D eigenvalue weighted by Gasteiger charge is 2.21. The number of pyridine rings is 1. The van der Waals surface area contributed by atoms with E-state index in [-0.39, 0.29) is 17.9 Å². The Bertz CT molecular complexity index is 726. The molecule has 0 aliphatic carbocycles. The van der Waals surface area contributed by atoms with Gasteiger partial charge in [-0.05, 0) is 40.5 Å². The summed E-state index contributed by atoms with van der Waals surface area (Å²) in [6, 6.07) is 5.61. The Labute approximate surface area is 121 Å². The summed E-state index contributed by atoms with van der Waals surface area (Å²) in [4.78, 5) is 22.4. The predicted molar refractivity (Wildman–Crippen MR) is 75.3 cm³/mol. The molecule has 2 rings (SSSR count). The van der Waals surface area contributed by atoms with Gasteiger partial charge in [0.25, 0.3) is 0 Å². The minimum atomic E-state index is -0.691. The molecule has 0 aliphatic heterocycles. The fourth-order valence-electron chi connectivity index (χ4n) is 1.82. The van der Waals surface area contributed by atoms with Gasteiger partial charge in [-0.1, -0.05) is 12.1 Å². The molecule has 1 aromatic heterocycles. The molecule has 2 aromatic rings. The van der Waals surface area contributed by atoms with E-state index < -0.39 is 16.2 Å². The zero-order valence-corrected chi connectivity index (χ0v) is 12.1. The van der Waals surface area contributed by atoms with Gasteiger partial charge in [0.2, 0.25) is 0 Å². The normalized spacial score (nSPS) is 10.6. The van der Waals surface area contributed by atoms with Gasteiger partial charge < -0.3 is 4.57 Å². The fraction of sp³-hybridized carbons (Fsp3) is 0.154. The number of benzene rings is 1. The van der Waals surface area contributed by atoms with E-state index in [1.807, 2.05) is 0 Å². The monoisotopic (exact) mass is 340 g/mol. The maximum Gasteiger partial charge on any atom is 0.338 e. The van der Waals surface area contributed by atoms with Crippen molar-refractivity contribution in [1.82, 2.24) is 4.57 Å². The van der Waals surface area contributed by atoms with E-state index in [1.54, 1.807) is 0 Å². The van der Waals surface area contributed by atoms with Gasteiger partial charge in [-0.3, -0.25) is 14.9 Å². The van der Waals surface area contributed by atoms with Gasteiger partial charge in [0.15, 0.2) is 0 Å². The Morgan fingerprint density at radius 2 is 1.95 bits per heavy atom. The lowest BCUT2D eigenvalue weighted by atomic mass is 10.2. The topological polar surface area (TPSA) is 65.1 Å². The van der Waals surface area contributed by atoms with Crippen LogP contribution in [0.3, 0.4) is 0 Å². The number of aromatic nitrogens is 1. The second kappa shape index (κ2) is 5.54. The van der Waals surface area contributed by atoms with Crippen LogP contribution in [0.2, 0.25) is 0 Å². The third kappa shape index (κ3) is 2.77. The maximum atomic E-state index is 12.8. The van der Waals surface area contributed by atoms with Crippen molar-refractivity contribution in [3.05, 3.63) is 72.3 Å². The Balaban J connectivity index is 2.50. The molecule has 0 saturated carbocycles. The summed E-state index contributed by atoms with van der Waals surface area (Å²) in [6.07, 6.45) is 1.49. The molecule has 0 radical (unpaired) electrons. The van der Waals surface area contributed by atoms with Crippen LogP contribution in [0, 0.1) is 22.9 Å². The van der Waals surface area contributed by atoms with Crippen molar-refractivity contribution < 1.29 is 9.31 Å². The number of rotatable bonds is 3. The van der Waals surface area contributed by atoms with Crippen LogP contribution in [-0.2, 0) is 6.54 Å². The zero-order valence-electron chi connectivity index (χ0n) is 10.5. The van der Waals surface area contributed by atoms with Crippen LogP contribution in [0.1, 0.15) is 11.1 Å². The van der Waals surface area contributed by atoms with Crippen molar-refractivity contribution in [3.63, 3.8) is 0 Å². The molecular weight excluding hydrogens is 331 g/mol. The van der Waals surface area contributed by atoms with Crippen LogP contribution in [0.15, 0.2) is 39.7 Å². The molecular formula is C13H10BrFN2O3. The number of nitrogens with zero attached hydrogens (tertiary/aromatic N) is 2. The van der Waals surface area contributed by atoms with E-state index in [9.17, 15) is 19.3 Å². The predicted octanol–water partition coefficient (Wildman–Crippen LogP) is 3.01. The van der Waals surface area contributed by atoms with Gasteiger partial charge in [0, 0.05) is 16.2 Å². The molecule has 0 N–H and O–H groups in total. The highest BCUT2D eigenvalue weighted by molar-refractivity contribution is 9.10. The van der Waals surface area contributed by atoms with E-state index in [1.165, 1.54) is 42.0 Å². The standard InChI is InChI=1S/C13H10BrFN2O3/c1-8-11(14)7-16(13(18)12(8)17(19)20)6-9-2-4-10(15)5-3-9/h2-5,7H,6H2,1H3. The molecule has 104 valence electrons. The van der Waals surface area contributed by atoms with E-state index in [4.69, 9.17) is 0 Å². The van der Waals surface area contributed by atoms with Crippen molar-refractivity contribution in [1.29, 1.82) is 0 Å². The summed E-state index contributed by atoms with van der Waals surface area (Å²) >= 11 is 3.20. The van der Waals surface area contributed by atoms with Crippen molar-refractivity contribution in [2.45, 2.75) is 13.5 Å². The molecule has 0 bridgehead atoms. The van der Waals surface area contributed by atoms with Gasteiger partial charge in [-0.2, -0.15) is 0 Å². The minimum Gasteiger partial charge on any atom is -0.304 e. The molecule has 0 atom stereocenters. The summed E-state index contributed by atoms with van der Waals surface area (Å²) in [7, 11) is 0. The summed E-state index contributed by atoms with van der Waals surface area (Å²) < 4.78 is 14.5. The van der Waals surface area contributed by atoms with Crippen molar-refractivity contribution in [2.24, 2.45) is 0 Å². The quantitative estimate of drug-likeness (QED) is 0.637. The van der Waals surface area contributed by atoms with Gasteiger partial charge in [-0.15, -0.1) is 0 Å². The van der Waals surface area contributed by atoms with Gasteiger partial charge in [-0.25, -0.2) is 4.39 Å². The highest BCUT2D eigenvalue weighted by Crippen LogP contribution is 2.22. The lowest BCUT2D eigenvalue weighted by Gasteiger charge is -2.08. The van der Waals surface area contributed by atoms with Crippen molar-refractivity contribution >= 4 is 21.6 Å². The van der Waals surface area contributed by atoms with Crippen molar-refractivity contribution in [2.75, 3.05) is 0 Å². The SMILES string of the molecule is Cc1c(Br)cn(Cc2ccc(F)cc2)c(=O)c1[N+](=O)[O-]. The molecule has 5 nitrogen and oxygen atoms in total. The summed E-state index contributed by atoms with van der Waals surface area (Å²) in [6.45, 7) is 1.64. The highest BCUT2D eigenvalue weighted by atomic mass is 79.9. The average Bonchev–Trinajstić information content (AvgIpc) is 2.38. The molecule has 0 fully saturated rings. The van der Waals surface area contributed by atoms with E-state index in [0.717, 1.165) is 0 Å². The molecule has 0 unspecified atom stereocenters. The molecule has 0 aliphatic rings. The van der Waals surface area contributed by atoms with E-state index in [2.05, 4.69) is 15.9 Å². The Kier molecular flexibility index (Phi) is 3.99. The van der Waals surface area contributed by atoms with Gasteiger partial charge in [0.1, 0.15) is 5.82 Å². The summed E-state index contributed by atoms with van der Waals surface area (Å²) in [5, 5.41) is 11.0. The molecule has 1 heterocycles. The van der Waals surface area contributed by atoms with Crippen LogP contribution in [-0.4, -0.2) is 9.49 Å². The molecule has 0 spiro atoms. The number of halogens is 2. The second-order valence-electron chi connectivity index (χ2n) is 4.27. The average molecular weight is 341 g/mol. The molecule has 0 amide bonds. The Morgan fingerprint density at radius 1 is 1.35 bits per heavy atom. The smallest absolute Gasteiger partial charge is 0.304 e.